The average molecular weight is 335 g/mol. The lowest BCUT2D eigenvalue weighted by atomic mass is 10.1. The molecule has 0 spiro atoms. The van der Waals surface area contributed by atoms with E-state index in [1.165, 1.54) is 5.56 Å². The molecule has 0 atom stereocenters. The standard InChI is InChI=1S/C19H17N3OS/c1-14-2-4-15(5-3-14)6-7-18(23)21-12-17-13-24-19(22-17)16-8-10-20-11-9-16/h2-11,13H,12H2,1H3,(H,21,23)/b7-6+. The van der Waals surface area contributed by atoms with Gasteiger partial charge in [-0.1, -0.05) is 29.8 Å². The maximum Gasteiger partial charge on any atom is 0.244 e. The van der Waals surface area contributed by atoms with Gasteiger partial charge in [-0.05, 0) is 30.7 Å². The largest absolute Gasteiger partial charge is 0.347 e. The Balaban J connectivity index is 1.55. The minimum atomic E-state index is -0.131. The third kappa shape index (κ3) is 4.36. The molecule has 0 unspecified atom stereocenters. The van der Waals surface area contributed by atoms with Crippen LogP contribution in [0, 0.1) is 6.92 Å². The Morgan fingerprint density at radius 3 is 2.67 bits per heavy atom. The number of nitrogens with one attached hydrogen (secondary N) is 1. The number of carbonyl (C=O) groups excluding carboxylic acids is 1. The van der Waals surface area contributed by atoms with Crippen molar-refractivity contribution in [2.75, 3.05) is 0 Å². The topological polar surface area (TPSA) is 54.9 Å². The van der Waals surface area contributed by atoms with Crippen LogP contribution in [0.4, 0.5) is 0 Å². The number of hydrogen-bond acceptors (Lipinski definition) is 4. The number of aromatic nitrogens is 2. The average Bonchev–Trinajstić information content (AvgIpc) is 3.09. The molecule has 2 heterocycles. The van der Waals surface area contributed by atoms with Crippen LogP contribution in [0.2, 0.25) is 0 Å². The molecule has 0 fully saturated rings. The summed E-state index contributed by atoms with van der Waals surface area (Å²) >= 11 is 1.56. The Bertz CT molecular complexity index is 839. The van der Waals surface area contributed by atoms with Gasteiger partial charge in [0, 0.05) is 29.4 Å². The van der Waals surface area contributed by atoms with E-state index in [1.54, 1.807) is 35.9 Å². The maximum atomic E-state index is 11.9. The highest BCUT2D eigenvalue weighted by molar-refractivity contribution is 7.13. The number of rotatable bonds is 5. The van der Waals surface area contributed by atoms with Crippen molar-refractivity contribution in [2.45, 2.75) is 13.5 Å². The van der Waals surface area contributed by atoms with Gasteiger partial charge in [-0.15, -0.1) is 11.3 Å². The molecule has 5 heteroatoms. The smallest absolute Gasteiger partial charge is 0.244 e. The second kappa shape index (κ2) is 7.66. The molecule has 0 saturated carbocycles. The number of amides is 1. The van der Waals surface area contributed by atoms with Crippen LogP contribution in [0.25, 0.3) is 16.6 Å². The van der Waals surface area contributed by atoms with Crippen LogP contribution in [-0.4, -0.2) is 15.9 Å². The lowest BCUT2D eigenvalue weighted by molar-refractivity contribution is -0.116. The predicted octanol–water partition coefficient (Wildman–Crippen LogP) is 3.84. The van der Waals surface area contributed by atoms with Crippen molar-refractivity contribution in [3.63, 3.8) is 0 Å². The van der Waals surface area contributed by atoms with Gasteiger partial charge in [0.25, 0.3) is 0 Å². The highest BCUT2D eigenvalue weighted by Crippen LogP contribution is 2.22. The second-order valence-electron chi connectivity index (χ2n) is 5.34. The fraction of sp³-hybridized carbons (Fsp3) is 0.105. The van der Waals surface area contributed by atoms with Gasteiger partial charge in [0.05, 0.1) is 12.2 Å². The van der Waals surface area contributed by atoms with Gasteiger partial charge in [-0.25, -0.2) is 4.98 Å². The summed E-state index contributed by atoms with van der Waals surface area (Å²) in [6, 6.07) is 11.9. The van der Waals surface area contributed by atoms with Crippen LogP contribution in [0.5, 0.6) is 0 Å². The summed E-state index contributed by atoms with van der Waals surface area (Å²) in [5.41, 5.74) is 4.09. The first-order chi connectivity index (χ1) is 11.7. The van der Waals surface area contributed by atoms with Crippen LogP contribution in [0.3, 0.4) is 0 Å². The van der Waals surface area contributed by atoms with Crippen molar-refractivity contribution in [1.29, 1.82) is 0 Å². The number of hydrogen-bond donors (Lipinski definition) is 1. The molecule has 0 bridgehead atoms. The Kier molecular flexibility index (Phi) is 5.13. The van der Waals surface area contributed by atoms with E-state index in [1.807, 2.05) is 48.7 Å². The number of pyridine rings is 1. The van der Waals surface area contributed by atoms with E-state index in [4.69, 9.17) is 0 Å². The van der Waals surface area contributed by atoms with E-state index >= 15 is 0 Å². The molecule has 0 radical (unpaired) electrons. The van der Waals surface area contributed by atoms with Crippen molar-refractivity contribution >= 4 is 23.3 Å². The van der Waals surface area contributed by atoms with Gasteiger partial charge in [0.15, 0.2) is 0 Å². The van der Waals surface area contributed by atoms with E-state index in [2.05, 4.69) is 15.3 Å². The zero-order chi connectivity index (χ0) is 16.8. The Morgan fingerprint density at radius 2 is 1.92 bits per heavy atom. The minimum Gasteiger partial charge on any atom is -0.347 e. The molecule has 120 valence electrons. The number of aryl methyl sites for hydroxylation is 1. The normalized spacial score (nSPS) is 10.9. The molecule has 0 aliphatic heterocycles. The number of nitrogens with zero attached hydrogens (tertiary/aromatic N) is 2. The fourth-order valence-electron chi connectivity index (χ4n) is 2.10. The molecule has 4 nitrogen and oxygen atoms in total. The van der Waals surface area contributed by atoms with Crippen LogP contribution < -0.4 is 5.32 Å². The lowest BCUT2D eigenvalue weighted by Crippen LogP contribution is -2.20. The maximum absolute atomic E-state index is 11.9. The Hall–Kier alpha value is -2.79. The van der Waals surface area contributed by atoms with E-state index < -0.39 is 0 Å². The molecule has 1 amide bonds. The Morgan fingerprint density at radius 1 is 1.17 bits per heavy atom. The summed E-state index contributed by atoms with van der Waals surface area (Å²) in [7, 11) is 0. The van der Waals surface area contributed by atoms with Gasteiger partial charge in [0.1, 0.15) is 5.01 Å². The van der Waals surface area contributed by atoms with Crippen molar-refractivity contribution in [3.05, 3.63) is 77.1 Å². The van der Waals surface area contributed by atoms with E-state index in [0.29, 0.717) is 6.54 Å². The molecule has 24 heavy (non-hydrogen) atoms. The summed E-state index contributed by atoms with van der Waals surface area (Å²) < 4.78 is 0. The van der Waals surface area contributed by atoms with Gasteiger partial charge in [-0.2, -0.15) is 0 Å². The SMILES string of the molecule is Cc1ccc(/C=C/C(=O)NCc2csc(-c3ccncc3)n2)cc1. The third-order valence-corrected chi connectivity index (χ3v) is 4.37. The highest BCUT2D eigenvalue weighted by Gasteiger charge is 2.05. The summed E-state index contributed by atoms with van der Waals surface area (Å²) in [5.74, 6) is -0.131. The molecular weight excluding hydrogens is 318 g/mol. The lowest BCUT2D eigenvalue weighted by Gasteiger charge is -1.99. The number of benzene rings is 1. The third-order valence-electron chi connectivity index (χ3n) is 3.43. The van der Waals surface area contributed by atoms with Gasteiger partial charge in [0.2, 0.25) is 5.91 Å². The van der Waals surface area contributed by atoms with Crippen LogP contribution >= 0.6 is 11.3 Å². The summed E-state index contributed by atoms with van der Waals surface area (Å²) in [5, 5.41) is 5.74. The first-order valence-electron chi connectivity index (χ1n) is 7.58. The van der Waals surface area contributed by atoms with Gasteiger partial charge < -0.3 is 5.32 Å². The first kappa shape index (κ1) is 16.1. The number of thiazole rings is 1. The molecule has 0 saturated heterocycles. The zero-order valence-electron chi connectivity index (χ0n) is 13.3. The molecular formula is C19H17N3OS. The molecule has 3 rings (SSSR count). The molecule has 1 aromatic carbocycles. The molecule has 0 aliphatic rings. The summed E-state index contributed by atoms with van der Waals surface area (Å²) in [6.45, 7) is 2.45. The van der Waals surface area contributed by atoms with Crippen molar-refractivity contribution in [1.82, 2.24) is 15.3 Å². The highest BCUT2D eigenvalue weighted by atomic mass is 32.1. The number of carbonyl (C=O) groups is 1. The second-order valence-corrected chi connectivity index (χ2v) is 6.20. The van der Waals surface area contributed by atoms with Crippen molar-refractivity contribution in [3.8, 4) is 10.6 Å². The van der Waals surface area contributed by atoms with Gasteiger partial charge in [-0.3, -0.25) is 9.78 Å². The van der Waals surface area contributed by atoms with E-state index in [0.717, 1.165) is 21.8 Å². The molecule has 0 aliphatic carbocycles. The zero-order valence-corrected chi connectivity index (χ0v) is 14.1. The summed E-state index contributed by atoms with van der Waals surface area (Å²) in [6.07, 6.45) is 6.83. The van der Waals surface area contributed by atoms with Crippen LogP contribution in [-0.2, 0) is 11.3 Å². The fourth-order valence-corrected chi connectivity index (χ4v) is 2.93. The quantitative estimate of drug-likeness (QED) is 0.721. The van der Waals surface area contributed by atoms with Crippen molar-refractivity contribution < 1.29 is 4.79 Å². The van der Waals surface area contributed by atoms with E-state index in [9.17, 15) is 4.79 Å². The molecule has 2 aromatic heterocycles. The molecule has 3 aromatic rings. The molecule has 1 N–H and O–H groups in total. The summed E-state index contributed by atoms with van der Waals surface area (Å²) in [4.78, 5) is 20.4. The monoisotopic (exact) mass is 335 g/mol. The van der Waals surface area contributed by atoms with Crippen LogP contribution in [0.15, 0.2) is 60.2 Å². The van der Waals surface area contributed by atoms with Gasteiger partial charge >= 0.3 is 0 Å². The predicted molar refractivity (Wildman–Crippen MR) is 97.4 cm³/mol. The van der Waals surface area contributed by atoms with Crippen molar-refractivity contribution in [2.24, 2.45) is 0 Å². The first-order valence-corrected chi connectivity index (χ1v) is 8.46. The Labute approximate surface area is 144 Å². The minimum absolute atomic E-state index is 0.131. The van der Waals surface area contributed by atoms with Crippen LogP contribution in [0.1, 0.15) is 16.8 Å². The van der Waals surface area contributed by atoms with E-state index in [-0.39, 0.29) is 5.91 Å².